The van der Waals surface area contributed by atoms with Gasteiger partial charge in [0.15, 0.2) is 0 Å². The molecule has 0 spiro atoms. The maximum Gasteiger partial charge on any atom is 0.137 e. The quantitative estimate of drug-likeness (QED) is 0.207. The summed E-state index contributed by atoms with van der Waals surface area (Å²) in [6.07, 6.45) is 1.85. The molecule has 0 aliphatic carbocycles. The van der Waals surface area contributed by atoms with Crippen LogP contribution in [0.1, 0.15) is 48.3 Å². The van der Waals surface area contributed by atoms with Crippen LogP contribution in [0.5, 0.6) is 11.5 Å². The fraction of sp³-hybridized carbons (Fsp3) is 0.184. The number of fused-ring (bicyclic) bond motifs is 3. The molecule has 43 heavy (non-hydrogen) atoms. The molecule has 1 aliphatic heterocycles. The monoisotopic (exact) mass is 570 g/mol. The summed E-state index contributed by atoms with van der Waals surface area (Å²) in [4.78, 5) is 7.86. The lowest BCUT2D eigenvalue weighted by Crippen LogP contribution is -2.26. The standard InChI is InChI=1S/C38H36N4O/c1-26-27(2)41(25-40(26)29-12-7-6-8-13-29)30-14-11-15-31(23-30)43-32-18-19-34-33-16-9-10-17-35(33)42(36(34)24-32)37-22-28(20-21-39-37)38(3,4)5/h6-24H,25H2,1-5H3/i1D3,2D3. The molecule has 0 amide bonds. The van der Waals surface area contributed by atoms with Gasteiger partial charge >= 0.3 is 0 Å². The molecular formula is C38H36N4O. The number of pyridine rings is 1. The van der Waals surface area contributed by atoms with E-state index in [1.165, 1.54) is 5.56 Å². The van der Waals surface area contributed by atoms with E-state index in [9.17, 15) is 0 Å². The van der Waals surface area contributed by atoms with Crippen LogP contribution in [0.2, 0.25) is 0 Å². The zero-order chi connectivity index (χ0) is 34.7. The van der Waals surface area contributed by atoms with Crippen molar-refractivity contribution in [2.75, 3.05) is 16.5 Å². The summed E-state index contributed by atoms with van der Waals surface area (Å²) >= 11 is 0. The van der Waals surface area contributed by atoms with Crippen LogP contribution in [0.15, 0.2) is 127 Å². The van der Waals surface area contributed by atoms with Crippen molar-refractivity contribution in [2.45, 2.75) is 39.9 Å². The van der Waals surface area contributed by atoms with Crippen molar-refractivity contribution in [1.82, 2.24) is 9.55 Å². The first-order valence-corrected chi connectivity index (χ1v) is 14.3. The molecule has 4 aromatic carbocycles. The molecule has 5 heteroatoms. The second-order valence-corrected chi connectivity index (χ2v) is 11.8. The highest BCUT2D eigenvalue weighted by Crippen LogP contribution is 2.38. The molecule has 214 valence electrons. The van der Waals surface area contributed by atoms with Crippen molar-refractivity contribution in [3.63, 3.8) is 0 Å². The smallest absolute Gasteiger partial charge is 0.137 e. The van der Waals surface area contributed by atoms with E-state index in [1.54, 1.807) is 58.3 Å². The number of aromatic nitrogens is 2. The molecule has 0 saturated heterocycles. The third-order valence-corrected chi connectivity index (χ3v) is 7.97. The topological polar surface area (TPSA) is 33.5 Å². The van der Waals surface area contributed by atoms with Gasteiger partial charge in [0.25, 0.3) is 0 Å². The summed E-state index contributed by atoms with van der Waals surface area (Å²) in [6.45, 7) is 1.20. The fourth-order valence-corrected chi connectivity index (χ4v) is 5.69. The molecule has 1 aliphatic rings. The van der Waals surface area contributed by atoms with Crippen molar-refractivity contribution in [1.29, 1.82) is 0 Å². The van der Waals surface area contributed by atoms with Crippen LogP contribution in [-0.4, -0.2) is 16.2 Å². The maximum absolute atomic E-state index is 8.38. The van der Waals surface area contributed by atoms with Gasteiger partial charge in [0.05, 0.1) is 17.7 Å². The van der Waals surface area contributed by atoms with E-state index in [0.29, 0.717) is 22.9 Å². The zero-order valence-corrected chi connectivity index (χ0v) is 24.4. The van der Waals surface area contributed by atoms with Crippen LogP contribution in [0, 0.1) is 0 Å². The van der Waals surface area contributed by atoms with Gasteiger partial charge < -0.3 is 14.5 Å². The molecule has 7 rings (SSSR count). The SMILES string of the molecule is [2H]C([2H])([2H])C1=C(C([2H])([2H])[2H])N(c2cccc(Oc3ccc4c5ccccc5n(-c5cc(C(C)(C)C)ccn5)c4c3)c2)CN1c1ccccc1. The highest BCUT2D eigenvalue weighted by molar-refractivity contribution is 6.09. The van der Waals surface area contributed by atoms with Gasteiger partial charge in [-0.15, -0.1) is 0 Å². The Labute approximate surface area is 261 Å². The number of allylic oxidation sites excluding steroid dienone is 2. The van der Waals surface area contributed by atoms with E-state index in [-0.39, 0.29) is 23.5 Å². The Morgan fingerprint density at radius 1 is 0.674 bits per heavy atom. The van der Waals surface area contributed by atoms with Gasteiger partial charge in [-0.25, -0.2) is 4.98 Å². The second kappa shape index (κ2) is 10.4. The van der Waals surface area contributed by atoms with Crippen LogP contribution in [-0.2, 0) is 5.41 Å². The number of benzene rings is 4. The third-order valence-electron chi connectivity index (χ3n) is 7.97. The molecule has 5 nitrogen and oxygen atoms in total. The van der Waals surface area contributed by atoms with Gasteiger partial charge in [-0.05, 0) is 79.3 Å². The Bertz CT molecular complexity index is 2210. The molecule has 6 aromatic rings. The molecule has 0 N–H and O–H groups in total. The Morgan fingerprint density at radius 2 is 1.37 bits per heavy atom. The molecule has 0 atom stereocenters. The molecule has 0 saturated carbocycles. The lowest BCUT2D eigenvalue weighted by Gasteiger charge is -2.24. The molecule has 0 unspecified atom stereocenters. The Hall–Kier alpha value is -5.03. The first kappa shape index (κ1) is 20.8. The summed E-state index contributed by atoms with van der Waals surface area (Å²) in [5.41, 5.74) is 3.73. The van der Waals surface area contributed by atoms with Crippen molar-refractivity contribution in [3.8, 4) is 17.3 Å². The van der Waals surface area contributed by atoms with Crippen LogP contribution in [0.25, 0.3) is 27.6 Å². The van der Waals surface area contributed by atoms with Gasteiger partial charge in [-0.1, -0.05) is 63.2 Å². The molecule has 0 bridgehead atoms. The average Bonchev–Trinajstić information content (AvgIpc) is 3.63. The number of anilines is 2. The first-order chi connectivity index (χ1) is 23.2. The summed E-state index contributed by atoms with van der Waals surface area (Å²) < 4.78 is 58.7. The Morgan fingerprint density at radius 3 is 2.16 bits per heavy atom. The second-order valence-electron chi connectivity index (χ2n) is 11.8. The zero-order valence-electron chi connectivity index (χ0n) is 30.4. The number of para-hydroxylation sites is 2. The number of ether oxygens (including phenoxy) is 1. The van der Waals surface area contributed by atoms with E-state index in [4.69, 9.17) is 17.9 Å². The molecule has 0 radical (unpaired) electrons. The predicted octanol–water partition coefficient (Wildman–Crippen LogP) is 9.80. The Balaban J connectivity index is 1.30. The van der Waals surface area contributed by atoms with Crippen molar-refractivity contribution < 1.29 is 13.0 Å². The van der Waals surface area contributed by atoms with E-state index in [1.807, 2.05) is 48.7 Å². The van der Waals surface area contributed by atoms with Gasteiger partial charge in [0, 0.05) is 60.1 Å². The van der Waals surface area contributed by atoms with E-state index in [2.05, 4.69) is 43.5 Å². The fourth-order valence-electron chi connectivity index (χ4n) is 5.69. The van der Waals surface area contributed by atoms with Crippen LogP contribution < -0.4 is 14.5 Å². The van der Waals surface area contributed by atoms with E-state index in [0.717, 1.165) is 27.6 Å². The summed E-state index contributed by atoms with van der Waals surface area (Å²) in [5, 5.41) is 2.16. The minimum Gasteiger partial charge on any atom is -0.457 e. The number of nitrogens with zero attached hydrogens (tertiary/aromatic N) is 4. The van der Waals surface area contributed by atoms with Crippen molar-refractivity contribution in [3.05, 3.63) is 132 Å². The predicted molar refractivity (Wildman–Crippen MR) is 178 cm³/mol. The maximum atomic E-state index is 8.38. The molecular weight excluding hydrogens is 528 g/mol. The average molecular weight is 571 g/mol. The van der Waals surface area contributed by atoms with Gasteiger partial charge in [-0.2, -0.15) is 0 Å². The molecule has 0 fully saturated rings. The minimum atomic E-state index is -2.69. The van der Waals surface area contributed by atoms with Crippen LogP contribution in [0.4, 0.5) is 11.4 Å². The lowest BCUT2D eigenvalue weighted by molar-refractivity contribution is 0.483. The van der Waals surface area contributed by atoms with Crippen molar-refractivity contribution >= 4 is 33.2 Å². The minimum absolute atomic E-state index is 0.0155. The number of rotatable bonds is 5. The molecule has 3 heterocycles. The highest BCUT2D eigenvalue weighted by atomic mass is 16.5. The third kappa shape index (κ3) is 4.81. The summed E-state index contributed by atoms with van der Waals surface area (Å²) in [6, 6.07) is 34.4. The van der Waals surface area contributed by atoms with Gasteiger partial charge in [0.2, 0.25) is 0 Å². The number of hydrogen-bond donors (Lipinski definition) is 0. The Kier molecular flexibility index (Phi) is 5.00. The van der Waals surface area contributed by atoms with Crippen molar-refractivity contribution in [2.24, 2.45) is 0 Å². The normalized spacial score (nSPS) is 16.5. The van der Waals surface area contributed by atoms with Gasteiger partial charge in [0.1, 0.15) is 17.3 Å². The number of hydrogen-bond acceptors (Lipinski definition) is 4. The molecule has 2 aromatic heterocycles. The van der Waals surface area contributed by atoms with Crippen LogP contribution in [0.3, 0.4) is 0 Å². The van der Waals surface area contributed by atoms with E-state index < -0.39 is 13.7 Å². The largest absolute Gasteiger partial charge is 0.457 e. The van der Waals surface area contributed by atoms with Gasteiger partial charge in [-0.3, -0.25) is 4.57 Å². The summed E-state index contributed by atoms with van der Waals surface area (Å²) in [7, 11) is 0. The first-order valence-electron chi connectivity index (χ1n) is 17.3. The highest BCUT2D eigenvalue weighted by Gasteiger charge is 2.26. The summed E-state index contributed by atoms with van der Waals surface area (Å²) in [5.74, 6) is 1.87. The van der Waals surface area contributed by atoms with Crippen LogP contribution >= 0.6 is 0 Å². The lowest BCUT2D eigenvalue weighted by atomic mass is 9.88. The van der Waals surface area contributed by atoms with E-state index >= 15 is 0 Å².